The van der Waals surface area contributed by atoms with Gasteiger partial charge in [-0.15, -0.1) is 0 Å². The Morgan fingerprint density at radius 3 is 2.57 bits per heavy atom. The monoisotopic (exact) mass is 327 g/mol. The van der Waals surface area contributed by atoms with Crippen molar-refractivity contribution < 1.29 is 28.0 Å². The molecule has 23 heavy (non-hydrogen) atoms. The van der Waals surface area contributed by atoms with Crippen LogP contribution in [0, 0.1) is 0 Å². The Bertz CT molecular complexity index is 601. The maximum Gasteiger partial charge on any atom is 0.542 e. The van der Waals surface area contributed by atoms with E-state index in [1.165, 1.54) is 6.92 Å². The minimum Gasteiger partial charge on any atom is -0.459 e. The first kappa shape index (κ1) is 18.7. The van der Waals surface area contributed by atoms with Crippen molar-refractivity contribution in [1.82, 2.24) is 5.16 Å². The molecule has 0 aliphatic rings. The quantitative estimate of drug-likeness (QED) is 0.502. The highest BCUT2D eigenvalue weighted by Gasteiger charge is 2.24. The Kier molecular flexibility index (Phi) is 7.24. The van der Waals surface area contributed by atoms with E-state index in [0.29, 0.717) is 6.42 Å². The number of carbonyl (C=O) groups is 2. The molecule has 0 bridgehead atoms. The minimum atomic E-state index is -0.957. The van der Waals surface area contributed by atoms with Crippen LogP contribution in [0.15, 0.2) is 25.9 Å². The van der Waals surface area contributed by atoms with Crippen molar-refractivity contribution >= 4 is 11.9 Å². The zero-order valence-corrected chi connectivity index (χ0v) is 13.5. The van der Waals surface area contributed by atoms with Gasteiger partial charge in [0.15, 0.2) is 6.10 Å². The molecule has 1 aromatic heterocycles. The number of carbonyl (C=O) groups excluding carboxylic acids is 2. The van der Waals surface area contributed by atoms with E-state index in [1.807, 2.05) is 6.92 Å². The Labute approximate surface area is 133 Å². The van der Waals surface area contributed by atoms with Gasteiger partial charge >= 0.3 is 17.8 Å². The first-order valence-corrected chi connectivity index (χ1v) is 7.36. The molecule has 0 saturated heterocycles. The smallest absolute Gasteiger partial charge is 0.459 e. The molecule has 1 heterocycles. The van der Waals surface area contributed by atoms with Crippen LogP contribution in [0.25, 0.3) is 0 Å². The van der Waals surface area contributed by atoms with Crippen molar-refractivity contribution in [3.63, 3.8) is 0 Å². The number of hydrogen-bond donors (Lipinski definition) is 0. The number of unbranched alkanes of at least 4 members (excludes halogenated alkanes) is 1. The average molecular weight is 327 g/mol. The third kappa shape index (κ3) is 6.50. The topological polar surface area (TPSA) is 109 Å². The molecule has 0 fully saturated rings. The van der Waals surface area contributed by atoms with E-state index in [9.17, 15) is 14.4 Å². The summed E-state index contributed by atoms with van der Waals surface area (Å²) in [7, 11) is 0. The molecule has 0 spiro atoms. The number of hydrogen-bond acceptors (Lipinski definition) is 8. The molecule has 128 valence electrons. The fourth-order valence-corrected chi connectivity index (χ4v) is 1.72. The van der Waals surface area contributed by atoms with Crippen molar-refractivity contribution in [3.05, 3.63) is 28.7 Å². The van der Waals surface area contributed by atoms with Crippen LogP contribution in [0.4, 0.5) is 0 Å². The van der Waals surface area contributed by atoms with Crippen LogP contribution in [0.3, 0.4) is 0 Å². The summed E-state index contributed by atoms with van der Waals surface area (Å²) in [5, 5.41) is 3.44. The molecule has 1 rings (SSSR count). The van der Waals surface area contributed by atoms with Gasteiger partial charge in [-0.05, 0) is 31.8 Å². The number of rotatable bonds is 9. The summed E-state index contributed by atoms with van der Waals surface area (Å²) < 4.78 is 19.3. The molecule has 0 aliphatic carbocycles. The molecule has 2 atom stereocenters. The summed E-state index contributed by atoms with van der Waals surface area (Å²) in [5.41, 5.74) is 0.246. The van der Waals surface area contributed by atoms with Crippen LogP contribution < -0.4 is 5.82 Å². The lowest BCUT2D eigenvalue weighted by Gasteiger charge is -2.16. The zero-order valence-electron chi connectivity index (χ0n) is 13.5. The van der Waals surface area contributed by atoms with Crippen LogP contribution >= 0.6 is 0 Å². The summed E-state index contributed by atoms with van der Waals surface area (Å²) in [6, 6.07) is 0. The molecule has 0 aromatic carbocycles. The molecule has 0 amide bonds. The normalized spacial score (nSPS) is 13.2. The van der Waals surface area contributed by atoms with Crippen LogP contribution in [0.2, 0.25) is 0 Å². The van der Waals surface area contributed by atoms with Gasteiger partial charge in [-0.2, -0.15) is 0 Å². The number of nitrogens with zero attached hydrogens (tertiary/aromatic N) is 1. The summed E-state index contributed by atoms with van der Waals surface area (Å²) >= 11 is 0. The minimum absolute atomic E-state index is 0.0802. The number of esters is 2. The molecule has 1 aromatic rings. The molecule has 0 radical (unpaired) electrons. The lowest BCUT2D eigenvalue weighted by molar-refractivity contribution is -0.156. The van der Waals surface area contributed by atoms with Gasteiger partial charge in [0.2, 0.25) is 0 Å². The Morgan fingerprint density at radius 2 is 2.04 bits per heavy atom. The molecular weight excluding hydrogens is 306 g/mol. The summed E-state index contributed by atoms with van der Waals surface area (Å²) in [5.74, 6) is -2.21. The van der Waals surface area contributed by atoms with E-state index in [2.05, 4.69) is 16.3 Å². The lowest BCUT2D eigenvalue weighted by atomic mass is 10.1. The van der Waals surface area contributed by atoms with Crippen LogP contribution in [-0.4, -0.2) is 23.2 Å². The van der Waals surface area contributed by atoms with Gasteiger partial charge in [0.05, 0.1) is 6.42 Å². The van der Waals surface area contributed by atoms with E-state index in [1.54, 1.807) is 6.92 Å². The Hall–Kier alpha value is -2.38. The van der Waals surface area contributed by atoms with Crippen molar-refractivity contribution in [1.29, 1.82) is 0 Å². The summed E-state index contributed by atoms with van der Waals surface area (Å²) in [6.07, 6.45) is 0.444. The van der Waals surface area contributed by atoms with Crippen LogP contribution in [0.1, 0.15) is 58.4 Å². The first-order valence-electron chi connectivity index (χ1n) is 7.36. The third-order valence-corrected chi connectivity index (χ3v) is 2.88. The molecule has 2 unspecified atom stereocenters. The van der Waals surface area contributed by atoms with Crippen molar-refractivity contribution in [2.24, 2.45) is 0 Å². The Morgan fingerprint density at radius 1 is 1.35 bits per heavy atom. The summed E-state index contributed by atoms with van der Waals surface area (Å²) in [6.45, 7) is 8.51. The predicted octanol–water partition coefficient (Wildman–Crippen LogP) is 2.30. The Balaban J connectivity index is 2.61. The highest BCUT2D eigenvalue weighted by Crippen LogP contribution is 2.22. The van der Waals surface area contributed by atoms with Gasteiger partial charge in [-0.3, -0.25) is 9.32 Å². The maximum absolute atomic E-state index is 11.9. The van der Waals surface area contributed by atoms with Crippen molar-refractivity contribution in [2.45, 2.75) is 58.7 Å². The van der Waals surface area contributed by atoms with E-state index < -0.39 is 30.0 Å². The highest BCUT2D eigenvalue weighted by molar-refractivity contribution is 5.87. The fourth-order valence-electron chi connectivity index (χ4n) is 1.72. The van der Waals surface area contributed by atoms with Crippen LogP contribution in [0.5, 0.6) is 0 Å². The molecule has 8 heteroatoms. The van der Waals surface area contributed by atoms with E-state index in [0.717, 1.165) is 12.8 Å². The largest absolute Gasteiger partial charge is 0.542 e. The predicted molar refractivity (Wildman–Crippen MR) is 78.4 cm³/mol. The average Bonchev–Trinajstić information content (AvgIpc) is 2.89. The molecule has 0 aliphatic heterocycles. The SMILES string of the molecule is C=C(C)C(=O)OC(C)CC(=O)OC(CCCC)c1noc(=O)o1. The van der Waals surface area contributed by atoms with E-state index in [4.69, 9.17) is 13.9 Å². The molecular formula is C15H21NO7. The summed E-state index contributed by atoms with van der Waals surface area (Å²) in [4.78, 5) is 34.2. The van der Waals surface area contributed by atoms with Crippen molar-refractivity contribution in [2.75, 3.05) is 0 Å². The van der Waals surface area contributed by atoms with Gasteiger partial charge in [0.1, 0.15) is 6.10 Å². The van der Waals surface area contributed by atoms with Gasteiger partial charge in [-0.25, -0.2) is 9.59 Å². The third-order valence-electron chi connectivity index (χ3n) is 2.88. The number of ether oxygens (including phenoxy) is 2. The number of aromatic nitrogens is 1. The molecule has 0 saturated carbocycles. The van der Waals surface area contributed by atoms with Crippen molar-refractivity contribution in [3.8, 4) is 0 Å². The van der Waals surface area contributed by atoms with Crippen LogP contribution in [-0.2, 0) is 19.1 Å². The second kappa shape index (κ2) is 8.92. The van der Waals surface area contributed by atoms with Gasteiger partial charge in [-0.1, -0.05) is 19.9 Å². The lowest BCUT2D eigenvalue weighted by Crippen LogP contribution is -2.21. The van der Waals surface area contributed by atoms with Gasteiger partial charge in [0, 0.05) is 5.57 Å². The molecule has 0 N–H and O–H groups in total. The first-order chi connectivity index (χ1) is 10.8. The van der Waals surface area contributed by atoms with Gasteiger partial charge in [0.25, 0.3) is 5.89 Å². The van der Waals surface area contributed by atoms with E-state index >= 15 is 0 Å². The second-order valence-electron chi connectivity index (χ2n) is 5.19. The second-order valence-corrected chi connectivity index (χ2v) is 5.19. The maximum atomic E-state index is 11.9. The van der Waals surface area contributed by atoms with E-state index in [-0.39, 0.29) is 17.9 Å². The molecule has 8 nitrogen and oxygen atoms in total. The van der Waals surface area contributed by atoms with Gasteiger partial charge < -0.3 is 13.9 Å². The fraction of sp³-hybridized carbons (Fsp3) is 0.600. The zero-order chi connectivity index (χ0) is 17.4. The highest BCUT2D eigenvalue weighted by atomic mass is 16.6. The standard InChI is InChI=1S/C15H21NO7/c1-5-6-7-11(13-16-23-15(19)22-13)21-12(17)8-10(4)20-14(18)9(2)3/h10-11H,2,5-8H2,1,3-4H3.